The van der Waals surface area contributed by atoms with Crippen LogP contribution in [-0.4, -0.2) is 4.98 Å². The molecule has 0 bridgehead atoms. The predicted molar refractivity (Wildman–Crippen MR) is 43.8 cm³/mol. The molecule has 0 amide bonds. The van der Waals surface area contributed by atoms with Gasteiger partial charge in [-0.2, -0.15) is 0 Å². The van der Waals surface area contributed by atoms with Crippen molar-refractivity contribution in [3.05, 3.63) is 24.0 Å². The normalized spacial score (nSPS) is 8.50. The zero-order chi connectivity index (χ0) is 6.69. The Morgan fingerprint density at radius 3 is 2.50 bits per heavy atom. The van der Waals surface area contributed by atoms with Crippen LogP contribution in [-0.2, 0) is 6.54 Å². The second kappa shape index (κ2) is 4.09. The summed E-state index contributed by atoms with van der Waals surface area (Å²) in [6, 6.07) is 3.60. The molecule has 0 spiro atoms. The van der Waals surface area contributed by atoms with Gasteiger partial charge in [-0.15, -0.1) is 12.4 Å². The largest absolute Gasteiger partial charge is 0.397 e. The Bertz CT molecular complexity index is 185. The molecule has 1 rings (SSSR count). The van der Waals surface area contributed by atoms with E-state index in [0.29, 0.717) is 12.2 Å². The molecule has 0 aliphatic heterocycles. The first-order valence-electron chi connectivity index (χ1n) is 2.73. The van der Waals surface area contributed by atoms with E-state index in [2.05, 4.69) is 4.98 Å². The van der Waals surface area contributed by atoms with Crippen LogP contribution in [0.3, 0.4) is 0 Å². The lowest BCUT2D eigenvalue weighted by molar-refractivity contribution is 0.992. The van der Waals surface area contributed by atoms with Crippen molar-refractivity contribution in [1.82, 2.24) is 4.98 Å². The van der Waals surface area contributed by atoms with Crippen molar-refractivity contribution in [1.29, 1.82) is 0 Å². The molecule has 10 heavy (non-hydrogen) atoms. The van der Waals surface area contributed by atoms with Gasteiger partial charge in [-0.3, -0.25) is 4.98 Å². The molecule has 0 radical (unpaired) electrons. The van der Waals surface area contributed by atoms with E-state index in [9.17, 15) is 0 Å². The van der Waals surface area contributed by atoms with Crippen molar-refractivity contribution in [3.63, 3.8) is 0 Å². The summed E-state index contributed by atoms with van der Waals surface area (Å²) in [6.45, 7) is 0.472. The van der Waals surface area contributed by atoms with E-state index in [1.165, 1.54) is 0 Å². The third-order valence-electron chi connectivity index (χ3n) is 1.06. The van der Waals surface area contributed by atoms with Crippen molar-refractivity contribution < 1.29 is 0 Å². The number of rotatable bonds is 1. The first kappa shape index (κ1) is 9.20. The van der Waals surface area contributed by atoms with Gasteiger partial charge in [0, 0.05) is 6.54 Å². The minimum atomic E-state index is 0. The van der Waals surface area contributed by atoms with Crippen molar-refractivity contribution in [2.24, 2.45) is 5.73 Å². The molecule has 0 unspecified atom stereocenters. The molecule has 56 valence electrons. The molecule has 0 aliphatic carbocycles. The highest BCUT2D eigenvalue weighted by Crippen LogP contribution is 1.98. The maximum Gasteiger partial charge on any atom is 0.0541 e. The van der Waals surface area contributed by atoms with E-state index in [1.807, 2.05) is 6.07 Å². The summed E-state index contributed by atoms with van der Waals surface area (Å²) >= 11 is 0. The molecule has 1 aromatic heterocycles. The second-order valence-electron chi connectivity index (χ2n) is 1.79. The van der Waals surface area contributed by atoms with Crippen LogP contribution in [0, 0.1) is 0 Å². The zero-order valence-corrected chi connectivity index (χ0v) is 6.27. The topological polar surface area (TPSA) is 64.9 Å². The summed E-state index contributed by atoms with van der Waals surface area (Å²) in [6.07, 6.45) is 1.60. The van der Waals surface area contributed by atoms with Gasteiger partial charge in [0.2, 0.25) is 0 Å². The van der Waals surface area contributed by atoms with Crippen molar-refractivity contribution in [2.75, 3.05) is 5.73 Å². The quantitative estimate of drug-likeness (QED) is 0.629. The fourth-order valence-corrected chi connectivity index (χ4v) is 0.557. The molecule has 1 aromatic rings. The lowest BCUT2D eigenvalue weighted by Crippen LogP contribution is -1.99. The molecular weight excluding hydrogens is 150 g/mol. The second-order valence-corrected chi connectivity index (χ2v) is 1.79. The van der Waals surface area contributed by atoms with Crippen molar-refractivity contribution in [3.8, 4) is 0 Å². The van der Waals surface area contributed by atoms with Gasteiger partial charge >= 0.3 is 0 Å². The van der Waals surface area contributed by atoms with Gasteiger partial charge in [0.25, 0.3) is 0 Å². The summed E-state index contributed by atoms with van der Waals surface area (Å²) in [4.78, 5) is 3.95. The van der Waals surface area contributed by atoms with Gasteiger partial charge in [-0.25, -0.2) is 0 Å². The zero-order valence-electron chi connectivity index (χ0n) is 5.45. The third-order valence-corrected chi connectivity index (χ3v) is 1.06. The Kier molecular flexibility index (Phi) is 3.76. The van der Waals surface area contributed by atoms with E-state index in [0.717, 1.165) is 5.69 Å². The Morgan fingerprint density at radius 2 is 2.10 bits per heavy atom. The van der Waals surface area contributed by atoms with Crippen LogP contribution in [0.5, 0.6) is 0 Å². The standard InChI is InChI=1S/C6H9N3.ClH/c7-3-6-2-1-5(8)4-9-6;/h1-2,4H,3,7-8H2;1H. The molecule has 0 aromatic carbocycles. The molecule has 0 saturated carbocycles. The van der Waals surface area contributed by atoms with Gasteiger partial charge in [-0.05, 0) is 12.1 Å². The first-order chi connectivity index (χ1) is 4.33. The van der Waals surface area contributed by atoms with E-state index in [1.54, 1.807) is 12.3 Å². The minimum absolute atomic E-state index is 0. The lowest BCUT2D eigenvalue weighted by atomic mass is 10.3. The third kappa shape index (κ3) is 2.21. The average Bonchev–Trinajstić information content (AvgIpc) is 1.90. The monoisotopic (exact) mass is 159 g/mol. The van der Waals surface area contributed by atoms with Crippen molar-refractivity contribution >= 4 is 18.1 Å². The Balaban J connectivity index is 0.000000810. The molecule has 0 atom stereocenters. The molecule has 3 nitrogen and oxygen atoms in total. The highest BCUT2D eigenvalue weighted by atomic mass is 35.5. The lowest BCUT2D eigenvalue weighted by Gasteiger charge is -1.93. The number of hydrogen-bond donors (Lipinski definition) is 2. The van der Waals surface area contributed by atoms with Crippen LogP contribution in [0.2, 0.25) is 0 Å². The van der Waals surface area contributed by atoms with Gasteiger partial charge in [-0.1, -0.05) is 0 Å². The number of nitrogens with zero attached hydrogens (tertiary/aromatic N) is 1. The van der Waals surface area contributed by atoms with Gasteiger partial charge in [0.1, 0.15) is 0 Å². The van der Waals surface area contributed by atoms with Crippen LogP contribution in [0.15, 0.2) is 18.3 Å². The Hall–Kier alpha value is -0.800. The van der Waals surface area contributed by atoms with Gasteiger partial charge in [0.05, 0.1) is 17.6 Å². The van der Waals surface area contributed by atoms with Crippen LogP contribution in [0.25, 0.3) is 0 Å². The number of halogens is 1. The predicted octanol–water partition coefficient (Wildman–Crippen LogP) is 0.544. The molecular formula is C6H10ClN3. The number of aromatic nitrogens is 1. The van der Waals surface area contributed by atoms with Crippen LogP contribution >= 0.6 is 12.4 Å². The number of nitrogen functional groups attached to an aromatic ring is 1. The summed E-state index contributed by atoms with van der Waals surface area (Å²) in [5, 5.41) is 0. The Labute approximate surface area is 65.8 Å². The Morgan fingerprint density at radius 1 is 1.40 bits per heavy atom. The van der Waals surface area contributed by atoms with Crippen LogP contribution in [0.4, 0.5) is 5.69 Å². The smallest absolute Gasteiger partial charge is 0.0541 e. The average molecular weight is 160 g/mol. The highest BCUT2D eigenvalue weighted by Gasteiger charge is 1.86. The van der Waals surface area contributed by atoms with E-state index in [4.69, 9.17) is 11.5 Å². The summed E-state index contributed by atoms with van der Waals surface area (Å²) < 4.78 is 0. The molecule has 1 heterocycles. The fraction of sp³-hybridized carbons (Fsp3) is 0.167. The minimum Gasteiger partial charge on any atom is -0.397 e. The number of pyridine rings is 1. The summed E-state index contributed by atoms with van der Waals surface area (Å²) in [7, 11) is 0. The summed E-state index contributed by atoms with van der Waals surface area (Å²) in [5.41, 5.74) is 12.2. The van der Waals surface area contributed by atoms with E-state index >= 15 is 0 Å². The maximum absolute atomic E-state index is 5.38. The summed E-state index contributed by atoms with van der Waals surface area (Å²) in [5.74, 6) is 0. The number of hydrogen-bond acceptors (Lipinski definition) is 3. The van der Waals surface area contributed by atoms with E-state index in [-0.39, 0.29) is 12.4 Å². The molecule has 4 N–H and O–H groups in total. The number of nitrogens with two attached hydrogens (primary N) is 2. The molecule has 0 fully saturated rings. The molecule has 4 heteroatoms. The van der Waals surface area contributed by atoms with Crippen LogP contribution in [0.1, 0.15) is 5.69 Å². The van der Waals surface area contributed by atoms with E-state index < -0.39 is 0 Å². The maximum atomic E-state index is 5.38. The highest BCUT2D eigenvalue weighted by molar-refractivity contribution is 5.85. The van der Waals surface area contributed by atoms with Crippen LogP contribution < -0.4 is 11.5 Å². The number of anilines is 1. The fourth-order valence-electron chi connectivity index (χ4n) is 0.557. The SMILES string of the molecule is Cl.NCc1ccc(N)cn1. The van der Waals surface area contributed by atoms with Gasteiger partial charge < -0.3 is 11.5 Å². The van der Waals surface area contributed by atoms with Crippen molar-refractivity contribution in [2.45, 2.75) is 6.54 Å². The van der Waals surface area contributed by atoms with Gasteiger partial charge in [0.15, 0.2) is 0 Å². The molecule has 0 aliphatic rings. The first-order valence-corrected chi connectivity index (χ1v) is 2.73. The molecule has 0 saturated heterocycles.